The zero-order valence-corrected chi connectivity index (χ0v) is 15.1. The van der Waals surface area contributed by atoms with E-state index in [9.17, 15) is 22.7 Å². The second-order valence-electron chi connectivity index (χ2n) is 5.98. The number of aromatic hydroxyl groups is 1. The Bertz CT molecular complexity index is 940. The Labute approximate surface area is 163 Å². The van der Waals surface area contributed by atoms with E-state index >= 15 is 0 Å². The lowest BCUT2D eigenvalue weighted by atomic mass is 10.2. The van der Waals surface area contributed by atoms with E-state index in [1.165, 1.54) is 19.2 Å². The van der Waals surface area contributed by atoms with Crippen LogP contribution in [0.2, 0.25) is 0 Å². The first-order chi connectivity index (χ1) is 13.7. The van der Waals surface area contributed by atoms with E-state index in [4.69, 9.17) is 9.47 Å². The Hall–Kier alpha value is -3.42. The average molecular weight is 408 g/mol. The zero-order chi connectivity index (χ0) is 21.1. The summed E-state index contributed by atoms with van der Waals surface area (Å²) in [6.45, 7) is 0. The minimum Gasteiger partial charge on any atom is -0.508 e. The molecular formula is C21H16F4O4. The van der Waals surface area contributed by atoms with Crippen molar-refractivity contribution in [2.75, 3.05) is 7.11 Å². The molecule has 0 atom stereocenters. The Balaban J connectivity index is 1.69. The molecule has 0 saturated heterocycles. The van der Waals surface area contributed by atoms with Gasteiger partial charge in [-0.2, -0.15) is 17.6 Å². The summed E-state index contributed by atoms with van der Waals surface area (Å²) >= 11 is 0. The molecule has 3 rings (SSSR count). The Morgan fingerprint density at radius 1 is 0.586 bits per heavy atom. The molecule has 0 radical (unpaired) electrons. The molecule has 152 valence electrons. The van der Waals surface area contributed by atoms with Crippen LogP contribution < -0.4 is 14.2 Å². The van der Waals surface area contributed by atoms with Crippen molar-refractivity contribution in [2.24, 2.45) is 0 Å². The highest BCUT2D eigenvalue weighted by molar-refractivity contribution is 5.35. The van der Waals surface area contributed by atoms with Crippen LogP contribution in [0.1, 0.15) is 11.1 Å². The number of halogens is 4. The summed E-state index contributed by atoms with van der Waals surface area (Å²) in [7, 11) is 1.42. The smallest absolute Gasteiger partial charge is 0.426 e. The second-order valence-corrected chi connectivity index (χ2v) is 5.98. The molecule has 29 heavy (non-hydrogen) atoms. The number of ether oxygens (including phenoxy) is 3. The molecule has 0 saturated carbocycles. The van der Waals surface area contributed by atoms with Crippen molar-refractivity contribution in [1.82, 2.24) is 0 Å². The quantitative estimate of drug-likeness (QED) is 0.513. The van der Waals surface area contributed by atoms with Gasteiger partial charge in [0.2, 0.25) is 0 Å². The molecule has 0 fully saturated rings. The van der Waals surface area contributed by atoms with Gasteiger partial charge in [-0.25, -0.2) is 0 Å². The van der Waals surface area contributed by atoms with Gasteiger partial charge in [-0.15, -0.1) is 0 Å². The first-order valence-corrected chi connectivity index (χ1v) is 8.37. The van der Waals surface area contributed by atoms with Gasteiger partial charge in [-0.1, -0.05) is 0 Å². The Kier molecular flexibility index (Phi) is 5.54. The maximum atomic E-state index is 14.3. The van der Waals surface area contributed by atoms with Crippen molar-refractivity contribution >= 4 is 0 Å². The van der Waals surface area contributed by atoms with Gasteiger partial charge in [0.25, 0.3) is 0 Å². The molecule has 0 aliphatic heterocycles. The molecule has 0 amide bonds. The predicted molar refractivity (Wildman–Crippen MR) is 96.6 cm³/mol. The Morgan fingerprint density at radius 3 is 1.31 bits per heavy atom. The molecule has 3 aromatic carbocycles. The van der Waals surface area contributed by atoms with E-state index in [2.05, 4.69) is 4.74 Å². The number of phenolic OH excluding ortho intramolecular Hbond substituents is 1. The van der Waals surface area contributed by atoms with E-state index in [0.29, 0.717) is 5.75 Å². The normalized spacial score (nSPS) is 11.8. The van der Waals surface area contributed by atoms with Crippen molar-refractivity contribution in [2.45, 2.75) is 12.2 Å². The van der Waals surface area contributed by atoms with E-state index < -0.39 is 23.3 Å². The predicted octanol–water partition coefficient (Wildman–Crippen LogP) is 5.66. The van der Waals surface area contributed by atoms with Crippen molar-refractivity contribution in [3.8, 4) is 23.0 Å². The highest BCUT2D eigenvalue weighted by Gasteiger charge is 2.36. The van der Waals surface area contributed by atoms with Crippen LogP contribution >= 0.6 is 0 Å². The molecule has 0 unspecified atom stereocenters. The number of rotatable bonds is 7. The van der Waals surface area contributed by atoms with Gasteiger partial charge in [0.05, 0.1) is 18.2 Å². The first kappa shape index (κ1) is 20.3. The van der Waals surface area contributed by atoms with Crippen LogP contribution in [0.4, 0.5) is 17.6 Å². The molecule has 0 aliphatic rings. The third-order valence-corrected chi connectivity index (χ3v) is 3.95. The lowest BCUT2D eigenvalue weighted by molar-refractivity contribution is -0.188. The van der Waals surface area contributed by atoms with Gasteiger partial charge >= 0.3 is 12.2 Å². The van der Waals surface area contributed by atoms with Crippen LogP contribution in [-0.2, 0) is 12.2 Å². The highest BCUT2D eigenvalue weighted by atomic mass is 19.3. The van der Waals surface area contributed by atoms with E-state index in [-0.39, 0.29) is 17.2 Å². The molecule has 0 heterocycles. The van der Waals surface area contributed by atoms with Crippen LogP contribution in [0.5, 0.6) is 23.0 Å². The molecule has 1 N–H and O–H groups in total. The molecule has 0 spiro atoms. The fraction of sp³-hybridized carbons (Fsp3) is 0.143. The Morgan fingerprint density at radius 2 is 0.931 bits per heavy atom. The van der Waals surface area contributed by atoms with Crippen molar-refractivity contribution < 1.29 is 36.9 Å². The van der Waals surface area contributed by atoms with Gasteiger partial charge in [0.1, 0.15) is 23.0 Å². The van der Waals surface area contributed by atoms with Crippen molar-refractivity contribution in [1.29, 1.82) is 0 Å². The van der Waals surface area contributed by atoms with E-state index in [1.807, 2.05) is 0 Å². The van der Waals surface area contributed by atoms with Gasteiger partial charge in [-0.3, -0.25) is 0 Å². The van der Waals surface area contributed by atoms with Crippen LogP contribution in [0.25, 0.3) is 0 Å². The second kappa shape index (κ2) is 7.90. The first-order valence-electron chi connectivity index (χ1n) is 8.37. The van der Waals surface area contributed by atoms with Crippen LogP contribution in [0.3, 0.4) is 0 Å². The monoisotopic (exact) mass is 408 g/mol. The van der Waals surface area contributed by atoms with E-state index in [1.54, 1.807) is 0 Å². The lowest BCUT2D eigenvalue weighted by Crippen LogP contribution is -2.22. The summed E-state index contributed by atoms with van der Waals surface area (Å²) in [5, 5.41) is 9.18. The fourth-order valence-electron chi connectivity index (χ4n) is 2.43. The largest absolute Gasteiger partial charge is 0.508 e. The number of phenols is 1. The zero-order valence-electron chi connectivity index (χ0n) is 15.1. The summed E-state index contributed by atoms with van der Waals surface area (Å²) < 4.78 is 71.1. The number of hydrogen-bond donors (Lipinski definition) is 1. The number of benzene rings is 3. The summed E-state index contributed by atoms with van der Waals surface area (Å²) in [5.41, 5.74) is -0.862. The molecule has 0 aliphatic carbocycles. The van der Waals surface area contributed by atoms with Crippen LogP contribution in [-0.4, -0.2) is 12.2 Å². The summed E-state index contributed by atoms with van der Waals surface area (Å²) in [4.78, 5) is 0. The van der Waals surface area contributed by atoms with Gasteiger partial charge < -0.3 is 19.3 Å². The average Bonchev–Trinajstić information content (AvgIpc) is 2.69. The SMILES string of the molecule is COc1ccc(C(F)(F)Oc2ccc(OC(F)(F)c3ccc(O)cc3)cc2)cc1. The molecular weight excluding hydrogens is 392 g/mol. The van der Waals surface area contributed by atoms with Crippen LogP contribution in [0, 0.1) is 0 Å². The molecule has 0 bridgehead atoms. The fourth-order valence-corrected chi connectivity index (χ4v) is 2.43. The lowest BCUT2D eigenvalue weighted by Gasteiger charge is -2.20. The molecule has 3 aromatic rings. The topological polar surface area (TPSA) is 47.9 Å². The number of hydrogen-bond acceptors (Lipinski definition) is 4. The van der Waals surface area contributed by atoms with Gasteiger partial charge in [-0.05, 0) is 72.8 Å². The van der Waals surface area contributed by atoms with Crippen molar-refractivity contribution in [3.63, 3.8) is 0 Å². The summed E-state index contributed by atoms with van der Waals surface area (Å²) in [5.74, 6) is -0.223. The standard InChI is InChI=1S/C21H16F4O4/c1-27-17-8-4-15(5-9-17)21(24,25)29-19-12-10-18(11-13-19)28-20(22,23)14-2-6-16(26)7-3-14/h2-13,26H,1H3. The third kappa shape index (κ3) is 4.90. The van der Waals surface area contributed by atoms with Gasteiger partial charge in [0, 0.05) is 0 Å². The maximum Gasteiger partial charge on any atom is 0.426 e. The van der Waals surface area contributed by atoms with Crippen LogP contribution in [0.15, 0.2) is 72.8 Å². The summed E-state index contributed by atoms with van der Waals surface area (Å²) in [6, 6.07) is 13.7. The van der Waals surface area contributed by atoms with E-state index in [0.717, 1.165) is 60.7 Å². The highest BCUT2D eigenvalue weighted by Crippen LogP contribution is 2.35. The van der Waals surface area contributed by atoms with Crippen molar-refractivity contribution in [3.05, 3.63) is 83.9 Å². The summed E-state index contributed by atoms with van der Waals surface area (Å²) in [6.07, 6.45) is -7.31. The minimum absolute atomic E-state index is 0.163. The minimum atomic E-state index is -3.68. The molecule has 4 nitrogen and oxygen atoms in total. The maximum absolute atomic E-state index is 14.3. The molecule has 0 aromatic heterocycles. The molecule has 8 heteroatoms. The number of alkyl halides is 4. The third-order valence-electron chi connectivity index (χ3n) is 3.95. The van der Waals surface area contributed by atoms with Gasteiger partial charge in [0.15, 0.2) is 0 Å². The number of methoxy groups -OCH3 is 1.